The molecule has 0 fully saturated rings. The molecule has 0 aromatic rings. The summed E-state index contributed by atoms with van der Waals surface area (Å²) in [7, 11) is 0. The molecule has 0 amide bonds. The van der Waals surface area contributed by atoms with Gasteiger partial charge in [-0.3, -0.25) is 10.1 Å². The Morgan fingerprint density at radius 2 is 2.06 bits per heavy atom. The first-order chi connectivity index (χ1) is 7.69. The molecule has 0 aromatic carbocycles. The van der Waals surface area contributed by atoms with Gasteiger partial charge in [-0.2, -0.15) is 0 Å². The van der Waals surface area contributed by atoms with Crippen molar-refractivity contribution in [1.82, 2.24) is 5.32 Å². The summed E-state index contributed by atoms with van der Waals surface area (Å²) in [4.78, 5) is 10.4. The van der Waals surface area contributed by atoms with Crippen molar-refractivity contribution in [3.05, 3.63) is 23.6 Å². The Morgan fingerprint density at radius 1 is 1.53 bits per heavy atom. The number of halogens is 5. The largest absolute Gasteiger partial charge is 0.480 e. The quantitative estimate of drug-likeness (QED) is 0.601. The molecule has 3 nitrogen and oxygen atoms in total. The highest BCUT2D eigenvalue weighted by atomic mass is 19.2. The lowest BCUT2D eigenvalue weighted by molar-refractivity contribution is -0.140. The number of aliphatic carboxylic acids is 1. The number of alkyl halides is 2. The Morgan fingerprint density at radius 3 is 2.53 bits per heavy atom. The fourth-order valence-electron chi connectivity index (χ4n) is 1.24. The number of rotatable bonds is 3. The van der Waals surface area contributed by atoms with Crippen molar-refractivity contribution in [2.45, 2.75) is 24.9 Å². The van der Waals surface area contributed by atoms with Gasteiger partial charge in [0.1, 0.15) is 6.04 Å². The summed E-state index contributed by atoms with van der Waals surface area (Å²) < 4.78 is 65.0. The minimum atomic E-state index is -3.44. The van der Waals surface area contributed by atoms with Crippen molar-refractivity contribution in [3.63, 3.8) is 0 Å². The van der Waals surface area contributed by atoms with Crippen LogP contribution in [-0.2, 0) is 4.79 Å². The lowest BCUT2D eigenvalue weighted by Crippen LogP contribution is -2.55. The second-order valence-electron chi connectivity index (χ2n) is 3.49. The molecule has 1 rings (SSSR count). The SMILES string of the molecule is C[C@H](NC1(F)C=C(F)C(F)=C(F)C1F)C(=O)O. The highest BCUT2D eigenvalue weighted by Crippen LogP contribution is 2.37. The zero-order chi connectivity index (χ0) is 13.4. The van der Waals surface area contributed by atoms with Crippen molar-refractivity contribution in [2.75, 3.05) is 0 Å². The standard InChI is InChI=1S/C9H8F5NO2/c1-3(8(16)17)15-9(14)2-4(10)5(11)6(12)7(9)13/h2-3,7,15H,1H3,(H,16,17)/t3-,7?,9?/m0/s1. The van der Waals surface area contributed by atoms with Crippen molar-refractivity contribution in [1.29, 1.82) is 0 Å². The molecule has 1 aliphatic rings. The van der Waals surface area contributed by atoms with Crippen LogP contribution in [0, 0.1) is 0 Å². The Kier molecular flexibility index (Phi) is 3.56. The van der Waals surface area contributed by atoms with Crippen molar-refractivity contribution in [3.8, 4) is 0 Å². The van der Waals surface area contributed by atoms with Crippen LogP contribution in [0.5, 0.6) is 0 Å². The Hall–Kier alpha value is -1.44. The van der Waals surface area contributed by atoms with E-state index in [9.17, 15) is 26.7 Å². The van der Waals surface area contributed by atoms with E-state index in [-0.39, 0.29) is 6.08 Å². The number of hydrogen-bond acceptors (Lipinski definition) is 2. The van der Waals surface area contributed by atoms with E-state index in [1.807, 2.05) is 0 Å². The van der Waals surface area contributed by atoms with E-state index in [0.717, 1.165) is 6.92 Å². The summed E-state index contributed by atoms with van der Waals surface area (Å²) >= 11 is 0. The van der Waals surface area contributed by atoms with Gasteiger partial charge in [0, 0.05) is 6.08 Å². The molecule has 0 saturated heterocycles. The van der Waals surface area contributed by atoms with E-state index >= 15 is 0 Å². The summed E-state index contributed by atoms with van der Waals surface area (Å²) in [6.45, 7) is 0.939. The summed E-state index contributed by atoms with van der Waals surface area (Å²) in [5.74, 6) is -11.3. The fraction of sp³-hybridized carbons (Fsp3) is 0.444. The van der Waals surface area contributed by atoms with Gasteiger partial charge in [-0.1, -0.05) is 0 Å². The van der Waals surface area contributed by atoms with Gasteiger partial charge in [-0.15, -0.1) is 0 Å². The van der Waals surface area contributed by atoms with Crippen LogP contribution in [0.15, 0.2) is 23.6 Å². The first kappa shape index (κ1) is 13.6. The monoisotopic (exact) mass is 257 g/mol. The second-order valence-corrected chi connectivity index (χ2v) is 3.49. The predicted octanol–water partition coefficient (Wildman–Crippen LogP) is 2.07. The first-order valence-electron chi connectivity index (χ1n) is 4.46. The number of nitrogens with one attached hydrogen (secondary N) is 1. The molecule has 0 aromatic heterocycles. The van der Waals surface area contributed by atoms with Gasteiger partial charge in [0.05, 0.1) is 0 Å². The van der Waals surface area contributed by atoms with E-state index in [4.69, 9.17) is 5.11 Å². The Labute approximate surface area is 92.6 Å². The number of carboxylic acid groups (broad SMARTS) is 1. The molecule has 0 heterocycles. The molecular formula is C9H8F5NO2. The van der Waals surface area contributed by atoms with E-state index in [2.05, 4.69) is 0 Å². The normalized spacial score (nSPS) is 31.2. The third-order valence-electron chi connectivity index (χ3n) is 2.16. The van der Waals surface area contributed by atoms with Crippen LogP contribution in [0.4, 0.5) is 22.0 Å². The zero-order valence-electron chi connectivity index (χ0n) is 8.48. The Bertz CT molecular complexity index is 408. The van der Waals surface area contributed by atoms with E-state index in [1.165, 1.54) is 5.32 Å². The molecule has 3 atom stereocenters. The molecule has 96 valence electrons. The molecule has 0 bridgehead atoms. The Balaban J connectivity index is 3.03. The van der Waals surface area contributed by atoms with Crippen LogP contribution in [-0.4, -0.2) is 29.1 Å². The molecule has 8 heteroatoms. The molecular weight excluding hydrogens is 249 g/mol. The molecule has 2 unspecified atom stereocenters. The molecule has 0 radical (unpaired) electrons. The van der Waals surface area contributed by atoms with E-state index < -0.39 is 41.5 Å². The van der Waals surface area contributed by atoms with Crippen LogP contribution in [0.1, 0.15) is 6.92 Å². The summed E-state index contributed by atoms with van der Waals surface area (Å²) in [5, 5.41) is 9.98. The molecule has 0 saturated carbocycles. The predicted molar refractivity (Wildman–Crippen MR) is 47.4 cm³/mol. The third kappa shape index (κ3) is 2.46. The van der Waals surface area contributed by atoms with Crippen LogP contribution in [0.2, 0.25) is 0 Å². The number of carboxylic acids is 1. The zero-order valence-corrected chi connectivity index (χ0v) is 8.48. The maximum absolute atomic E-state index is 13.7. The number of allylic oxidation sites excluding steroid dienone is 2. The maximum Gasteiger partial charge on any atom is 0.320 e. The van der Waals surface area contributed by atoms with Gasteiger partial charge < -0.3 is 5.11 Å². The highest BCUT2D eigenvalue weighted by Gasteiger charge is 2.48. The summed E-state index contributed by atoms with van der Waals surface area (Å²) in [6, 6.07) is -1.61. The molecule has 0 aliphatic heterocycles. The minimum absolute atomic E-state index is 0.171. The number of hydrogen-bond donors (Lipinski definition) is 2. The molecule has 1 aliphatic carbocycles. The average Bonchev–Trinajstić information content (AvgIpc) is 2.23. The molecule has 0 spiro atoms. The second kappa shape index (κ2) is 4.44. The van der Waals surface area contributed by atoms with Gasteiger partial charge >= 0.3 is 5.97 Å². The van der Waals surface area contributed by atoms with Crippen LogP contribution >= 0.6 is 0 Å². The van der Waals surface area contributed by atoms with Gasteiger partial charge in [-0.05, 0) is 6.92 Å². The molecule has 2 N–H and O–H groups in total. The van der Waals surface area contributed by atoms with Crippen LogP contribution in [0.3, 0.4) is 0 Å². The van der Waals surface area contributed by atoms with Gasteiger partial charge in [-0.25, -0.2) is 22.0 Å². The highest BCUT2D eigenvalue weighted by molar-refractivity contribution is 5.73. The summed E-state index contributed by atoms with van der Waals surface area (Å²) in [5.41, 5.74) is 0. The van der Waals surface area contributed by atoms with E-state index in [1.54, 1.807) is 0 Å². The summed E-state index contributed by atoms with van der Waals surface area (Å²) in [6.07, 6.45) is -3.32. The lowest BCUT2D eigenvalue weighted by atomic mass is 10.0. The first-order valence-corrected chi connectivity index (χ1v) is 4.46. The smallest absolute Gasteiger partial charge is 0.320 e. The van der Waals surface area contributed by atoms with Gasteiger partial charge in [0.15, 0.2) is 17.5 Å². The van der Waals surface area contributed by atoms with Crippen molar-refractivity contribution < 1.29 is 31.9 Å². The van der Waals surface area contributed by atoms with E-state index in [0.29, 0.717) is 0 Å². The topological polar surface area (TPSA) is 49.3 Å². The van der Waals surface area contributed by atoms with Crippen molar-refractivity contribution in [2.24, 2.45) is 0 Å². The van der Waals surface area contributed by atoms with Crippen LogP contribution in [0.25, 0.3) is 0 Å². The average molecular weight is 257 g/mol. The minimum Gasteiger partial charge on any atom is -0.480 e. The van der Waals surface area contributed by atoms with Crippen molar-refractivity contribution >= 4 is 5.97 Å². The molecule has 17 heavy (non-hydrogen) atoms. The number of carbonyl (C=O) groups is 1. The lowest BCUT2D eigenvalue weighted by Gasteiger charge is -2.30. The van der Waals surface area contributed by atoms with Gasteiger partial charge in [0.25, 0.3) is 0 Å². The maximum atomic E-state index is 13.7. The fourth-order valence-corrected chi connectivity index (χ4v) is 1.24. The van der Waals surface area contributed by atoms with Crippen LogP contribution < -0.4 is 5.32 Å². The third-order valence-corrected chi connectivity index (χ3v) is 2.16. The van der Waals surface area contributed by atoms with Gasteiger partial charge in [0.2, 0.25) is 12.0 Å².